The molecule has 8 nitrogen and oxygen atoms in total. The fraction of sp³-hybridized carbons (Fsp3) is 0.400. The fourth-order valence-corrected chi connectivity index (χ4v) is 5.57. The summed E-state index contributed by atoms with van der Waals surface area (Å²) in [5.41, 5.74) is 2.42. The molecule has 1 aromatic carbocycles. The number of alkyl halides is 1. The van der Waals surface area contributed by atoms with Crippen molar-refractivity contribution >= 4 is 33.5 Å². The average molecular weight is 498 g/mol. The van der Waals surface area contributed by atoms with Crippen molar-refractivity contribution < 1.29 is 19.0 Å². The van der Waals surface area contributed by atoms with Crippen molar-refractivity contribution in [2.75, 3.05) is 44.9 Å². The Balaban J connectivity index is 1.19. The Hall–Kier alpha value is -2.79. The number of aromatic nitrogens is 2. The molecule has 184 valence electrons. The largest absolute Gasteiger partial charge is 0.497 e. The first kappa shape index (κ1) is 23.9. The van der Waals surface area contributed by atoms with Gasteiger partial charge in [0.15, 0.2) is 0 Å². The van der Waals surface area contributed by atoms with E-state index >= 15 is 4.39 Å². The van der Waals surface area contributed by atoms with Gasteiger partial charge in [0.05, 0.1) is 37.6 Å². The zero-order valence-corrected chi connectivity index (χ0v) is 20.2. The van der Waals surface area contributed by atoms with Crippen molar-refractivity contribution in [2.45, 2.75) is 29.8 Å². The predicted molar refractivity (Wildman–Crippen MR) is 133 cm³/mol. The molecule has 2 N–H and O–H groups in total. The average Bonchev–Trinajstić information content (AvgIpc) is 2.87. The minimum atomic E-state index is -1.09. The van der Waals surface area contributed by atoms with Crippen molar-refractivity contribution in [2.24, 2.45) is 0 Å². The number of β-amino-alcohol motifs (C(OH)–C–C–N with tert-alkyl or cyclic N) is 1. The molecule has 2 aromatic heterocycles. The van der Waals surface area contributed by atoms with E-state index in [4.69, 9.17) is 4.74 Å². The summed E-state index contributed by atoms with van der Waals surface area (Å²) in [7, 11) is 1.60. The number of halogens is 1. The molecule has 2 aliphatic heterocycles. The molecular weight excluding hydrogens is 469 g/mol. The molecule has 3 atom stereocenters. The highest BCUT2D eigenvalue weighted by Crippen LogP contribution is 2.33. The quantitative estimate of drug-likeness (QED) is 0.511. The Kier molecular flexibility index (Phi) is 7.14. The number of piperidine rings is 1. The normalized spacial score (nSPS) is 21.7. The highest BCUT2D eigenvalue weighted by molar-refractivity contribution is 8.13. The van der Waals surface area contributed by atoms with Crippen LogP contribution in [-0.2, 0) is 4.79 Å². The van der Waals surface area contributed by atoms with Crippen molar-refractivity contribution in [3.8, 4) is 5.75 Å². The van der Waals surface area contributed by atoms with Gasteiger partial charge in [-0.05, 0) is 66.7 Å². The van der Waals surface area contributed by atoms with Crippen LogP contribution in [0.4, 0.5) is 10.1 Å². The number of anilines is 1. The second kappa shape index (κ2) is 10.4. The molecular formula is C25H28FN5O3S. The minimum Gasteiger partial charge on any atom is -0.497 e. The van der Waals surface area contributed by atoms with Crippen LogP contribution >= 0.6 is 11.8 Å². The number of carbonyl (C=O) groups is 1. The van der Waals surface area contributed by atoms with Crippen molar-refractivity contribution in [1.82, 2.24) is 20.2 Å². The van der Waals surface area contributed by atoms with Gasteiger partial charge in [0.1, 0.15) is 16.9 Å². The van der Waals surface area contributed by atoms with Gasteiger partial charge in [0.25, 0.3) is 0 Å². The van der Waals surface area contributed by atoms with Crippen LogP contribution in [0.3, 0.4) is 0 Å². The van der Waals surface area contributed by atoms with Gasteiger partial charge in [-0.15, -0.1) is 0 Å². The number of benzene rings is 1. The number of thioether (sulfide) groups is 1. The van der Waals surface area contributed by atoms with Crippen LogP contribution in [0.2, 0.25) is 0 Å². The zero-order chi connectivity index (χ0) is 24.4. The van der Waals surface area contributed by atoms with Crippen molar-refractivity contribution in [3.05, 3.63) is 54.4 Å². The number of hydrogen-bond acceptors (Lipinski definition) is 9. The third-order valence-electron chi connectivity index (χ3n) is 6.56. The van der Waals surface area contributed by atoms with Gasteiger partial charge in [-0.2, -0.15) is 0 Å². The maximum atomic E-state index is 15.1. The molecule has 0 amide bonds. The summed E-state index contributed by atoms with van der Waals surface area (Å²) in [5, 5.41) is 15.8. The molecule has 0 aliphatic carbocycles. The maximum absolute atomic E-state index is 15.1. The van der Waals surface area contributed by atoms with Gasteiger partial charge in [-0.3, -0.25) is 20.0 Å². The van der Waals surface area contributed by atoms with E-state index in [1.165, 1.54) is 0 Å². The topological polar surface area (TPSA) is 90.8 Å². The van der Waals surface area contributed by atoms with Crippen LogP contribution in [0.1, 0.15) is 18.1 Å². The molecule has 0 bridgehead atoms. The lowest BCUT2D eigenvalue weighted by Crippen LogP contribution is -2.54. The number of pyridine rings is 2. The minimum absolute atomic E-state index is 0.0276. The molecule has 0 radical (unpaired) electrons. The molecule has 0 spiro atoms. The summed E-state index contributed by atoms with van der Waals surface area (Å²) in [6.45, 7) is 1.87. The van der Waals surface area contributed by atoms with E-state index in [-0.39, 0.29) is 24.2 Å². The number of aliphatic hydroxyl groups excluding tert-OH is 1. The Labute approximate surface area is 207 Å². The summed E-state index contributed by atoms with van der Waals surface area (Å²) in [5.74, 6) is 0.696. The van der Waals surface area contributed by atoms with E-state index in [2.05, 4.69) is 15.3 Å². The monoisotopic (exact) mass is 497 g/mol. The van der Waals surface area contributed by atoms with Gasteiger partial charge in [0.2, 0.25) is 5.12 Å². The highest BCUT2D eigenvalue weighted by atomic mass is 32.2. The first-order valence-corrected chi connectivity index (χ1v) is 12.4. The summed E-state index contributed by atoms with van der Waals surface area (Å²) < 4.78 is 20.4. The molecule has 0 saturated carbocycles. The second-order valence-corrected chi connectivity index (χ2v) is 9.88. The van der Waals surface area contributed by atoms with Crippen LogP contribution in [0.15, 0.2) is 53.8 Å². The Morgan fingerprint density at radius 1 is 1.29 bits per heavy atom. The standard InChI is InChI=1S/C25H28FN5O3S/c1-34-16-4-5-20-18(11-16)17(6-9-27-20)23(32)13-30-10-7-21(19(26)12-30)29-15-31-14-24(33)35-25-22(31)3-2-8-28-25/h2-6,8-9,11,19,21,23,29,32H,7,10,12-15H2,1H3/t19-,21-,23-/m0/s1. The SMILES string of the molecule is COc1ccc2nccc([C@@H](O)CN3CC[C@H](NCN4CC(=O)Sc5ncccc54)[C@@H](F)C3)c2c1. The first-order valence-electron chi connectivity index (χ1n) is 11.6. The smallest absolute Gasteiger partial charge is 0.214 e. The number of rotatable bonds is 7. The number of ether oxygens (including phenoxy) is 1. The lowest BCUT2D eigenvalue weighted by Gasteiger charge is -2.38. The van der Waals surface area contributed by atoms with Gasteiger partial charge in [0, 0.05) is 36.9 Å². The molecule has 10 heteroatoms. The van der Waals surface area contributed by atoms with Crippen molar-refractivity contribution in [1.29, 1.82) is 0 Å². The first-order chi connectivity index (χ1) is 17.0. The fourth-order valence-electron chi connectivity index (χ4n) is 4.72. The Bertz CT molecular complexity index is 1210. The number of carbonyl (C=O) groups excluding carboxylic acids is 1. The van der Waals surface area contributed by atoms with Gasteiger partial charge >= 0.3 is 0 Å². The zero-order valence-electron chi connectivity index (χ0n) is 19.4. The lowest BCUT2D eigenvalue weighted by atomic mass is 10.00. The molecule has 35 heavy (non-hydrogen) atoms. The van der Waals surface area contributed by atoms with Gasteiger partial charge in [-0.25, -0.2) is 9.37 Å². The number of fused-ring (bicyclic) bond motifs is 2. The number of aliphatic hydroxyl groups is 1. The molecule has 1 saturated heterocycles. The molecule has 3 aromatic rings. The van der Waals surface area contributed by atoms with Crippen LogP contribution in [0.25, 0.3) is 10.9 Å². The van der Waals surface area contributed by atoms with Gasteiger partial charge in [-0.1, -0.05) is 0 Å². The molecule has 2 aliphatic rings. The van der Waals surface area contributed by atoms with E-state index in [9.17, 15) is 9.90 Å². The van der Waals surface area contributed by atoms with E-state index in [1.54, 1.807) is 25.6 Å². The van der Waals surface area contributed by atoms with E-state index in [0.29, 0.717) is 37.0 Å². The Morgan fingerprint density at radius 3 is 3.00 bits per heavy atom. The predicted octanol–water partition coefficient (Wildman–Crippen LogP) is 2.77. The van der Waals surface area contributed by atoms with Crippen molar-refractivity contribution in [3.63, 3.8) is 0 Å². The number of nitrogens with one attached hydrogen (secondary N) is 1. The second-order valence-electron chi connectivity index (χ2n) is 8.83. The van der Waals surface area contributed by atoms with E-state index in [0.717, 1.165) is 33.9 Å². The summed E-state index contributed by atoms with van der Waals surface area (Å²) in [4.78, 5) is 24.6. The molecule has 0 unspecified atom stereocenters. The Morgan fingerprint density at radius 2 is 2.17 bits per heavy atom. The number of hydrogen-bond donors (Lipinski definition) is 2. The number of likely N-dealkylation sites (tertiary alicyclic amines) is 1. The molecule has 1 fully saturated rings. The van der Waals surface area contributed by atoms with Crippen LogP contribution < -0.4 is 15.0 Å². The summed E-state index contributed by atoms with van der Waals surface area (Å²) >= 11 is 1.15. The van der Waals surface area contributed by atoms with Gasteiger partial charge < -0.3 is 14.7 Å². The molecule has 5 rings (SSSR count). The van der Waals surface area contributed by atoms with E-state index < -0.39 is 12.3 Å². The molecule has 4 heterocycles. The summed E-state index contributed by atoms with van der Waals surface area (Å²) in [6, 6.07) is 10.8. The number of nitrogens with zero attached hydrogens (tertiary/aromatic N) is 4. The third-order valence-corrected chi connectivity index (χ3v) is 7.43. The van der Waals surface area contributed by atoms with Crippen LogP contribution in [-0.4, -0.2) is 77.3 Å². The third kappa shape index (κ3) is 5.25. The lowest BCUT2D eigenvalue weighted by molar-refractivity contribution is -0.110. The summed E-state index contributed by atoms with van der Waals surface area (Å²) in [6.07, 6.45) is 2.09. The van der Waals surface area contributed by atoms with Crippen LogP contribution in [0.5, 0.6) is 5.75 Å². The van der Waals surface area contributed by atoms with E-state index in [1.807, 2.05) is 40.1 Å². The number of methoxy groups -OCH3 is 1. The van der Waals surface area contributed by atoms with Crippen LogP contribution in [0, 0.1) is 0 Å². The highest BCUT2D eigenvalue weighted by Gasteiger charge is 2.32. The maximum Gasteiger partial charge on any atom is 0.214 e.